The molecule has 1 aliphatic heterocycles. The number of likely N-dealkylation sites (tertiary alicyclic amines) is 1. The maximum Gasteiger partial charge on any atom is 0.328 e. The highest BCUT2D eigenvalue weighted by molar-refractivity contribution is 5.92. The summed E-state index contributed by atoms with van der Waals surface area (Å²) in [5.41, 5.74) is 1.03. The van der Waals surface area contributed by atoms with Crippen molar-refractivity contribution in [2.45, 2.75) is 24.9 Å². The van der Waals surface area contributed by atoms with Crippen molar-refractivity contribution in [2.75, 3.05) is 7.11 Å². The van der Waals surface area contributed by atoms with Crippen LogP contribution in [0.3, 0.4) is 0 Å². The Bertz CT molecular complexity index is 483. The summed E-state index contributed by atoms with van der Waals surface area (Å²) in [6, 6.07) is 9.11. The van der Waals surface area contributed by atoms with Crippen LogP contribution >= 0.6 is 0 Å². The van der Waals surface area contributed by atoms with E-state index in [9.17, 15) is 9.59 Å². The Morgan fingerprint density at radius 3 is 2.58 bits per heavy atom. The topological polar surface area (TPSA) is 46.6 Å². The molecule has 0 bridgehead atoms. The zero-order valence-electron chi connectivity index (χ0n) is 10.9. The second-order valence-corrected chi connectivity index (χ2v) is 4.49. The molecule has 19 heavy (non-hydrogen) atoms. The van der Waals surface area contributed by atoms with Crippen molar-refractivity contribution in [3.05, 3.63) is 48.6 Å². The van der Waals surface area contributed by atoms with E-state index in [0.717, 1.165) is 12.0 Å². The molecule has 0 saturated carbocycles. The number of amides is 1. The van der Waals surface area contributed by atoms with E-state index < -0.39 is 6.04 Å². The first-order valence-electron chi connectivity index (χ1n) is 6.26. The molecule has 100 valence electrons. The Kier molecular flexibility index (Phi) is 4.00. The van der Waals surface area contributed by atoms with Crippen LogP contribution in [-0.4, -0.2) is 29.9 Å². The Hall–Kier alpha value is -2.10. The highest BCUT2D eigenvalue weighted by atomic mass is 16.5. The van der Waals surface area contributed by atoms with Crippen LogP contribution in [0.1, 0.15) is 24.4 Å². The monoisotopic (exact) mass is 259 g/mol. The summed E-state index contributed by atoms with van der Waals surface area (Å²) in [5, 5.41) is 0. The molecule has 4 nitrogen and oxygen atoms in total. The quantitative estimate of drug-likeness (QED) is 0.616. The van der Waals surface area contributed by atoms with E-state index >= 15 is 0 Å². The van der Waals surface area contributed by atoms with Gasteiger partial charge in [-0.05, 0) is 24.5 Å². The molecule has 1 aromatic rings. The van der Waals surface area contributed by atoms with Crippen LogP contribution in [0.2, 0.25) is 0 Å². The lowest BCUT2D eigenvalue weighted by atomic mass is 10.0. The number of nitrogens with zero attached hydrogens (tertiary/aromatic N) is 1. The van der Waals surface area contributed by atoms with Crippen LogP contribution in [0.5, 0.6) is 0 Å². The van der Waals surface area contributed by atoms with Gasteiger partial charge in [0.2, 0.25) is 5.91 Å². The zero-order valence-corrected chi connectivity index (χ0v) is 10.9. The average molecular weight is 259 g/mol. The summed E-state index contributed by atoms with van der Waals surface area (Å²) >= 11 is 0. The van der Waals surface area contributed by atoms with E-state index in [2.05, 4.69) is 6.58 Å². The number of rotatable bonds is 3. The van der Waals surface area contributed by atoms with Gasteiger partial charge < -0.3 is 9.64 Å². The third kappa shape index (κ3) is 2.52. The smallest absolute Gasteiger partial charge is 0.328 e. The number of methoxy groups -OCH3 is 1. The average Bonchev–Trinajstić information content (AvgIpc) is 2.91. The molecule has 0 aliphatic carbocycles. The van der Waals surface area contributed by atoms with Crippen molar-refractivity contribution in [1.82, 2.24) is 4.90 Å². The number of ether oxygens (including phenoxy) is 1. The van der Waals surface area contributed by atoms with Crippen LogP contribution in [-0.2, 0) is 14.3 Å². The van der Waals surface area contributed by atoms with E-state index in [1.807, 2.05) is 30.3 Å². The van der Waals surface area contributed by atoms with Gasteiger partial charge in [-0.25, -0.2) is 4.79 Å². The molecular weight excluding hydrogens is 242 g/mol. The van der Waals surface area contributed by atoms with Gasteiger partial charge in [0, 0.05) is 0 Å². The second kappa shape index (κ2) is 5.69. The summed E-state index contributed by atoms with van der Waals surface area (Å²) in [4.78, 5) is 25.4. The fourth-order valence-electron chi connectivity index (χ4n) is 2.59. The molecule has 1 fully saturated rings. The zero-order chi connectivity index (χ0) is 13.8. The van der Waals surface area contributed by atoms with Crippen molar-refractivity contribution < 1.29 is 14.3 Å². The summed E-state index contributed by atoms with van der Waals surface area (Å²) in [5.74, 6) is -0.601. The van der Waals surface area contributed by atoms with Crippen LogP contribution < -0.4 is 0 Å². The lowest BCUT2D eigenvalue weighted by molar-refractivity contribution is -0.150. The van der Waals surface area contributed by atoms with E-state index in [0.29, 0.717) is 6.42 Å². The SMILES string of the molecule is C=CC(=O)N1[C@@H](C(=O)OC)CC[C@H]1c1ccccc1. The molecule has 1 amide bonds. The number of esters is 1. The van der Waals surface area contributed by atoms with Crippen LogP contribution in [0.4, 0.5) is 0 Å². The normalized spacial score (nSPS) is 22.1. The van der Waals surface area contributed by atoms with Crippen molar-refractivity contribution in [3.63, 3.8) is 0 Å². The Labute approximate surface area is 112 Å². The molecule has 1 aliphatic rings. The lowest BCUT2D eigenvalue weighted by Gasteiger charge is -2.28. The number of hydrogen-bond donors (Lipinski definition) is 0. The fraction of sp³-hybridized carbons (Fsp3) is 0.333. The molecule has 1 heterocycles. The van der Waals surface area contributed by atoms with E-state index in [-0.39, 0.29) is 17.9 Å². The third-order valence-corrected chi connectivity index (χ3v) is 3.47. The largest absolute Gasteiger partial charge is 0.467 e. The minimum atomic E-state index is -0.513. The maximum atomic E-state index is 12.0. The molecule has 2 atom stereocenters. The second-order valence-electron chi connectivity index (χ2n) is 4.49. The Morgan fingerprint density at radius 2 is 2.00 bits per heavy atom. The predicted molar refractivity (Wildman–Crippen MR) is 71.3 cm³/mol. The molecule has 0 N–H and O–H groups in total. The Balaban J connectivity index is 2.32. The molecule has 0 spiro atoms. The van der Waals surface area contributed by atoms with Crippen LogP contribution in [0.15, 0.2) is 43.0 Å². The van der Waals surface area contributed by atoms with Gasteiger partial charge in [-0.2, -0.15) is 0 Å². The van der Waals surface area contributed by atoms with Gasteiger partial charge >= 0.3 is 5.97 Å². The van der Waals surface area contributed by atoms with Gasteiger partial charge in [0.05, 0.1) is 13.2 Å². The Morgan fingerprint density at radius 1 is 1.32 bits per heavy atom. The number of carbonyl (C=O) groups excluding carboxylic acids is 2. The predicted octanol–water partition coefficient (Wildman–Crippen LogP) is 2.08. The highest BCUT2D eigenvalue weighted by Gasteiger charge is 2.41. The van der Waals surface area contributed by atoms with Gasteiger partial charge in [-0.15, -0.1) is 0 Å². The highest BCUT2D eigenvalue weighted by Crippen LogP contribution is 2.36. The van der Waals surface area contributed by atoms with Crippen LogP contribution in [0.25, 0.3) is 0 Å². The van der Waals surface area contributed by atoms with Crippen molar-refractivity contribution in [3.8, 4) is 0 Å². The summed E-state index contributed by atoms with van der Waals surface area (Å²) in [6.45, 7) is 3.51. The molecule has 0 aromatic heterocycles. The number of carbonyl (C=O) groups is 2. The van der Waals surface area contributed by atoms with Gasteiger partial charge in [-0.3, -0.25) is 4.79 Å². The minimum Gasteiger partial charge on any atom is -0.467 e. The molecule has 4 heteroatoms. The van der Waals surface area contributed by atoms with Gasteiger partial charge in [-0.1, -0.05) is 36.9 Å². The fourth-order valence-corrected chi connectivity index (χ4v) is 2.59. The first-order valence-corrected chi connectivity index (χ1v) is 6.26. The van der Waals surface area contributed by atoms with Gasteiger partial charge in [0.15, 0.2) is 0 Å². The first-order chi connectivity index (χ1) is 9.19. The number of benzene rings is 1. The lowest BCUT2D eigenvalue weighted by Crippen LogP contribution is -2.41. The van der Waals surface area contributed by atoms with Crippen molar-refractivity contribution >= 4 is 11.9 Å². The van der Waals surface area contributed by atoms with Crippen molar-refractivity contribution in [2.24, 2.45) is 0 Å². The minimum absolute atomic E-state index is 0.0872. The number of hydrogen-bond acceptors (Lipinski definition) is 3. The molecule has 1 saturated heterocycles. The van der Waals surface area contributed by atoms with Crippen molar-refractivity contribution in [1.29, 1.82) is 0 Å². The van der Waals surface area contributed by atoms with Gasteiger partial charge in [0.25, 0.3) is 0 Å². The molecule has 0 unspecified atom stereocenters. The standard InChI is InChI=1S/C15H17NO3/c1-3-14(17)16-12(11-7-5-4-6-8-11)9-10-13(16)15(18)19-2/h3-8,12-13H,1,9-10H2,2H3/t12-,13+/m0/s1. The molecule has 2 rings (SSSR count). The van der Waals surface area contributed by atoms with E-state index in [4.69, 9.17) is 4.74 Å². The summed E-state index contributed by atoms with van der Waals surface area (Å²) < 4.78 is 4.78. The van der Waals surface area contributed by atoms with Gasteiger partial charge in [0.1, 0.15) is 6.04 Å². The molecule has 1 aromatic carbocycles. The molecule has 0 radical (unpaired) electrons. The van der Waals surface area contributed by atoms with E-state index in [1.54, 1.807) is 4.90 Å². The summed E-state index contributed by atoms with van der Waals surface area (Å²) in [6.07, 6.45) is 2.62. The maximum absolute atomic E-state index is 12.0. The molecular formula is C15H17NO3. The van der Waals surface area contributed by atoms with E-state index in [1.165, 1.54) is 13.2 Å². The third-order valence-electron chi connectivity index (χ3n) is 3.47. The van der Waals surface area contributed by atoms with Crippen LogP contribution in [0, 0.1) is 0 Å². The first kappa shape index (κ1) is 13.3. The summed E-state index contributed by atoms with van der Waals surface area (Å²) in [7, 11) is 1.34.